The van der Waals surface area contributed by atoms with Crippen LogP contribution in [0.2, 0.25) is 0 Å². The molecule has 0 radical (unpaired) electrons. The molecule has 2 saturated heterocycles. The predicted molar refractivity (Wildman–Crippen MR) is 109 cm³/mol. The van der Waals surface area contributed by atoms with Gasteiger partial charge in [0.05, 0.1) is 22.1 Å². The smallest absolute Gasteiger partial charge is 0.417 e. The Hall–Kier alpha value is -2.24. The Bertz CT molecular complexity index is 1070. The van der Waals surface area contributed by atoms with E-state index < -0.39 is 45.3 Å². The van der Waals surface area contributed by atoms with Crippen molar-refractivity contribution in [3.05, 3.63) is 28.0 Å². The van der Waals surface area contributed by atoms with Crippen LogP contribution in [-0.4, -0.2) is 51.7 Å². The zero-order valence-electron chi connectivity index (χ0n) is 17.4. The molecule has 0 aliphatic carbocycles. The van der Waals surface area contributed by atoms with Gasteiger partial charge in [0.15, 0.2) is 5.82 Å². The number of amides is 1. The van der Waals surface area contributed by atoms with Crippen LogP contribution in [0.1, 0.15) is 39.2 Å². The van der Waals surface area contributed by atoms with Crippen molar-refractivity contribution in [2.45, 2.75) is 57.5 Å². The highest BCUT2D eigenvalue weighted by Gasteiger charge is 2.45. The van der Waals surface area contributed by atoms with Crippen LogP contribution < -0.4 is 4.90 Å². The molecule has 2 unspecified atom stereocenters. The Labute approximate surface area is 188 Å². The summed E-state index contributed by atoms with van der Waals surface area (Å²) in [5.41, 5.74) is -2.47. The van der Waals surface area contributed by atoms with Gasteiger partial charge in [-0.15, -0.1) is 0 Å². The average Bonchev–Trinajstić information content (AvgIpc) is 2.92. The summed E-state index contributed by atoms with van der Waals surface area (Å²) in [6.45, 7) is 5.65. The van der Waals surface area contributed by atoms with Gasteiger partial charge in [-0.1, -0.05) is 0 Å². The van der Waals surface area contributed by atoms with Crippen LogP contribution in [0.15, 0.2) is 10.5 Å². The van der Waals surface area contributed by atoms with Crippen LogP contribution in [0, 0.1) is 11.9 Å². The van der Waals surface area contributed by atoms with E-state index in [0.717, 1.165) is 6.07 Å². The molecule has 0 spiro atoms. The number of anilines is 1. The Kier molecular flexibility index (Phi) is 5.50. The maximum Gasteiger partial charge on any atom is 0.417 e. The average molecular weight is 523 g/mol. The van der Waals surface area contributed by atoms with Gasteiger partial charge in [-0.05, 0) is 55.6 Å². The molecule has 2 bridgehead atoms. The first-order valence-corrected chi connectivity index (χ1v) is 10.7. The highest BCUT2D eigenvalue weighted by molar-refractivity contribution is 9.10. The van der Waals surface area contributed by atoms with E-state index >= 15 is 0 Å². The lowest BCUT2D eigenvalue weighted by molar-refractivity contribution is -0.138. The van der Waals surface area contributed by atoms with E-state index in [-0.39, 0.29) is 36.4 Å². The maximum absolute atomic E-state index is 14.7. The molecular formula is C20H20BrF5N4O2. The number of carbonyl (C=O) groups excluding carboxylic acids is 1. The molecule has 2 fully saturated rings. The van der Waals surface area contributed by atoms with Gasteiger partial charge in [-0.2, -0.15) is 27.5 Å². The van der Waals surface area contributed by atoms with Crippen molar-refractivity contribution in [1.29, 1.82) is 0 Å². The molecule has 32 heavy (non-hydrogen) atoms. The van der Waals surface area contributed by atoms with Gasteiger partial charge >= 0.3 is 18.3 Å². The minimum atomic E-state index is -4.84. The van der Waals surface area contributed by atoms with E-state index in [1.807, 2.05) is 0 Å². The number of rotatable bonds is 1. The number of nitrogens with zero attached hydrogens (tertiary/aromatic N) is 4. The molecular weight excluding hydrogens is 503 g/mol. The Balaban J connectivity index is 1.74. The molecule has 0 N–H and O–H groups in total. The summed E-state index contributed by atoms with van der Waals surface area (Å²) in [4.78, 5) is 23.0. The highest BCUT2D eigenvalue weighted by Crippen LogP contribution is 2.42. The van der Waals surface area contributed by atoms with Crippen LogP contribution >= 0.6 is 15.9 Å². The molecule has 3 heterocycles. The molecule has 4 rings (SSSR count). The lowest BCUT2D eigenvalue weighted by atomic mass is 10.1. The van der Waals surface area contributed by atoms with Crippen molar-refractivity contribution in [1.82, 2.24) is 14.9 Å². The first-order valence-electron chi connectivity index (χ1n) is 9.95. The van der Waals surface area contributed by atoms with Crippen molar-refractivity contribution in [2.75, 3.05) is 18.0 Å². The number of piperazine rings is 1. The van der Waals surface area contributed by atoms with Crippen LogP contribution in [0.3, 0.4) is 0 Å². The number of alkyl halides is 3. The molecule has 0 saturated carbocycles. The zero-order chi connectivity index (χ0) is 23.6. The Morgan fingerprint density at radius 2 is 1.72 bits per heavy atom. The van der Waals surface area contributed by atoms with E-state index in [0.29, 0.717) is 12.8 Å². The van der Waals surface area contributed by atoms with Gasteiger partial charge < -0.3 is 9.64 Å². The van der Waals surface area contributed by atoms with Gasteiger partial charge in [0.1, 0.15) is 16.9 Å². The second-order valence-corrected chi connectivity index (χ2v) is 9.73. The van der Waals surface area contributed by atoms with Gasteiger partial charge in [0.2, 0.25) is 0 Å². The fourth-order valence-corrected chi connectivity index (χ4v) is 4.82. The largest absolute Gasteiger partial charge is 0.444 e. The summed E-state index contributed by atoms with van der Waals surface area (Å²) in [6.07, 6.45) is -5.26. The predicted octanol–water partition coefficient (Wildman–Crippen LogP) is 5.28. The van der Waals surface area contributed by atoms with Crippen molar-refractivity contribution >= 4 is 38.7 Å². The third-order valence-corrected chi connectivity index (χ3v) is 6.29. The zero-order valence-corrected chi connectivity index (χ0v) is 19.0. The van der Waals surface area contributed by atoms with E-state index in [4.69, 9.17) is 4.74 Å². The number of benzene rings is 1. The van der Waals surface area contributed by atoms with E-state index in [2.05, 4.69) is 25.9 Å². The number of halogens is 6. The topological polar surface area (TPSA) is 58.6 Å². The monoisotopic (exact) mass is 522 g/mol. The number of fused-ring (bicyclic) bond motifs is 3. The minimum Gasteiger partial charge on any atom is -0.444 e. The van der Waals surface area contributed by atoms with Gasteiger partial charge in [-0.3, -0.25) is 4.90 Å². The van der Waals surface area contributed by atoms with E-state index in [1.165, 1.54) is 0 Å². The number of hydrogen-bond acceptors (Lipinski definition) is 5. The van der Waals surface area contributed by atoms with Crippen LogP contribution in [-0.2, 0) is 10.9 Å². The van der Waals surface area contributed by atoms with Gasteiger partial charge in [0.25, 0.3) is 0 Å². The standard InChI is InChI=1S/C20H20BrF5N4O2/c1-19(2,3)32-18(31)30-9-4-5-10(30)8-29(7-9)16-11-6-12(20(24,25)26)13(21)14(22)15(11)27-17(23)28-16/h6,9-10H,4-5,7-8H2,1-3H3. The maximum atomic E-state index is 14.7. The van der Waals surface area contributed by atoms with E-state index in [1.54, 1.807) is 30.6 Å². The number of hydrogen-bond donors (Lipinski definition) is 0. The van der Waals surface area contributed by atoms with Crippen molar-refractivity contribution in [3.8, 4) is 0 Å². The molecule has 6 nitrogen and oxygen atoms in total. The minimum absolute atomic E-state index is 0.134. The summed E-state index contributed by atoms with van der Waals surface area (Å²) in [5, 5.41) is -0.246. The molecule has 174 valence electrons. The first-order chi connectivity index (χ1) is 14.8. The van der Waals surface area contributed by atoms with Gasteiger partial charge in [-0.25, -0.2) is 9.18 Å². The second-order valence-electron chi connectivity index (χ2n) is 8.94. The molecule has 12 heteroatoms. The third-order valence-electron chi connectivity index (χ3n) is 5.52. The molecule has 1 aromatic heterocycles. The van der Waals surface area contributed by atoms with Crippen molar-refractivity contribution in [2.24, 2.45) is 0 Å². The summed E-state index contributed by atoms with van der Waals surface area (Å²) >= 11 is 2.61. The summed E-state index contributed by atoms with van der Waals surface area (Å²) < 4.78 is 73.8. The Morgan fingerprint density at radius 1 is 1.12 bits per heavy atom. The van der Waals surface area contributed by atoms with Crippen molar-refractivity contribution < 1.29 is 31.5 Å². The van der Waals surface area contributed by atoms with Crippen molar-refractivity contribution in [3.63, 3.8) is 0 Å². The molecule has 2 aliphatic rings. The molecule has 1 aromatic carbocycles. The van der Waals surface area contributed by atoms with Crippen LogP contribution in [0.5, 0.6) is 0 Å². The molecule has 2 aliphatic heterocycles. The number of ether oxygens (including phenoxy) is 1. The highest BCUT2D eigenvalue weighted by atomic mass is 79.9. The normalized spacial score (nSPS) is 21.4. The lowest BCUT2D eigenvalue weighted by Crippen LogP contribution is -2.57. The molecule has 1 amide bonds. The second kappa shape index (κ2) is 7.67. The fraction of sp³-hybridized carbons (Fsp3) is 0.550. The fourth-order valence-electron chi connectivity index (χ4n) is 4.30. The number of aromatic nitrogens is 2. The summed E-state index contributed by atoms with van der Waals surface area (Å²) in [5.74, 6) is -1.45. The van der Waals surface area contributed by atoms with Crippen LogP contribution in [0.25, 0.3) is 10.9 Å². The lowest BCUT2D eigenvalue weighted by Gasteiger charge is -2.42. The number of carbonyl (C=O) groups is 1. The molecule has 2 aromatic rings. The summed E-state index contributed by atoms with van der Waals surface area (Å²) in [6, 6.07) is 0.137. The quantitative estimate of drug-likeness (QED) is 0.376. The van der Waals surface area contributed by atoms with Crippen LogP contribution in [0.4, 0.5) is 32.6 Å². The third kappa shape index (κ3) is 4.08. The summed E-state index contributed by atoms with van der Waals surface area (Å²) in [7, 11) is 0. The van der Waals surface area contributed by atoms with Gasteiger partial charge in [0, 0.05) is 18.5 Å². The molecule has 2 atom stereocenters. The Morgan fingerprint density at radius 3 is 2.25 bits per heavy atom. The first kappa shape index (κ1) is 22.9. The SMILES string of the molecule is CC(C)(C)OC(=O)N1C2CCC1CN(c1nc(F)nc3c(F)c(Br)c(C(F)(F)F)cc13)C2. The van der Waals surface area contributed by atoms with E-state index in [9.17, 15) is 26.7 Å².